The summed E-state index contributed by atoms with van der Waals surface area (Å²) in [6.07, 6.45) is 97.5. The van der Waals surface area contributed by atoms with Crippen LogP contribution in [-0.2, 0) is 28.6 Å². The largest absolute Gasteiger partial charge is 0.462 e. The summed E-state index contributed by atoms with van der Waals surface area (Å²) in [7, 11) is 0. The van der Waals surface area contributed by atoms with Crippen LogP contribution in [0.5, 0.6) is 0 Å². The predicted octanol–water partition coefficient (Wildman–Crippen LogP) is 23.7. The number of carbonyl (C=O) groups is 3. The molecule has 0 saturated carbocycles. The first-order valence-corrected chi connectivity index (χ1v) is 34.2. The number of hydrogen-bond donors (Lipinski definition) is 0. The number of rotatable bonds is 61. The van der Waals surface area contributed by atoms with Gasteiger partial charge in [0.2, 0.25) is 0 Å². The highest BCUT2D eigenvalue weighted by atomic mass is 16.6. The molecule has 0 heterocycles. The van der Waals surface area contributed by atoms with Crippen molar-refractivity contribution in [3.63, 3.8) is 0 Å². The van der Waals surface area contributed by atoms with Gasteiger partial charge in [0.1, 0.15) is 13.2 Å². The molecule has 0 bridgehead atoms. The average Bonchev–Trinajstić information content (AvgIpc) is 3.47. The molecule has 0 radical (unpaired) electrons. The summed E-state index contributed by atoms with van der Waals surface area (Å²) in [5.74, 6) is -0.930. The van der Waals surface area contributed by atoms with Crippen LogP contribution >= 0.6 is 0 Å². The molecule has 0 aromatic heterocycles. The second-order valence-corrected chi connectivity index (χ2v) is 22.3. The zero-order valence-corrected chi connectivity index (χ0v) is 53.5. The van der Waals surface area contributed by atoms with Crippen molar-refractivity contribution in [2.24, 2.45) is 0 Å². The molecule has 6 nitrogen and oxygen atoms in total. The first-order chi connectivity index (χ1) is 40.5. The zero-order valence-electron chi connectivity index (χ0n) is 53.5. The van der Waals surface area contributed by atoms with E-state index in [2.05, 4.69) is 154 Å². The summed E-state index contributed by atoms with van der Waals surface area (Å²) >= 11 is 0. The fourth-order valence-electron chi connectivity index (χ4n) is 9.32. The van der Waals surface area contributed by atoms with Gasteiger partial charge >= 0.3 is 17.9 Å². The Morgan fingerprint density at radius 1 is 0.256 bits per heavy atom. The van der Waals surface area contributed by atoms with Crippen LogP contribution in [0.25, 0.3) is 0 Å². The highest BCUT2D eigenvalue weighted by Crippen LogP contribution is 2.16. The SMILES string of the molecule is CC/C=C\C/C=C\C/C=C\C/C=C\C/C=C\CCCCCC(=O)OC(COC(=O)CCCCCCCCC/C=C\C/C=C\CCCCCC)COC(=O)CCCCCCCCCCCCCCCC/C=C\C/C=C\C/C=C\C/C=C\CC. The van der Waals surface area contributed by atoms with Crippen LogP contribution in [0.3, 0.4) is 0 Å². The van der Waals surface area contributed by atoms with E-state index in [1.807, 2.05) is 0 Å². The van der Waals surface area contributed by atoms with E-state index in [0.29, 0.717) is 12.8 Å². The van der Waals surface area contributed by atoms with Crippen molar-refractivity contribution in [3.05, 3.63) is 134 Å². The molecule has 0 aromatic rings. The van der Waals surface area contributed by atoms with Crippen molar-refractivity contribution < 1.29 is 28.6 Å². The van der Waals surface area contributed by atoms with Gasteiger partial charge in [-0.15, -0.1) is 0 Å². The van der Waals surface area contributed by atoms with Crippen LogP contribution in [0.1, 0.15) is 310 Å². The van der Waals surface area contributed by atoms with E-state index < -0.39 is 6.10 Å². The fourth-order valence-corrected chi connectivity index (χ4v) is 9.32. The van der Waals surface area contributed by atoms with Crippen LogP contribution in [-0.4, -0.2) is 37.2 Å². The summed E-state index contributed by atoms with van der Waals surface area (Å²) in [6.45, 7) is 6.39. The van der Waals surface area contributed by atoms with Gasteiger partial charge in [-0.25, -0.2) is 0 Å². The van der Waals surface area contributed by atoms with Crippen LogP contribution < -0.4 is 0 Å². The molecule has 0 aliphatic rings. The first-order valence-electron chi connectivity index (χ1n) is 34.2. The standard InChI is InChI=1S/C76H126O6/c1-4-7-10-13-16-19-22-25-28-31-34-35-36-37-38-39-40-41-43-45-48-51-54-57-60-63-66-69-75(78)81-72-73(71-80-74(77)68-65-62-59-56-53-50-47-44-33-30-27-24-21-18-15-12-9-6-3)82-76(79)70-67-64-61-58-55-52-49-46-42-32-29-26-23-20-17-14-11-8-5-2/h7-8,10-11,16-17,19-21,24-26,28-30,33-35,42,46,52,55,73H,4-6,9,12-15,18,22-23,27,31-32,36-41,43-45,47-51,53-54,56-72H2,1-3H3/b10-7-,11-8-,19-16-,20-17-,24-21-,28-25-,29-26-,33-30-,35-34-,46-42-,55-52-. The molecule has 0 fully saturated rings. The number of allylic oxidation sites excluding steroid dienone is 22. The molecular weight excluding hydrogens is 1010 g/mol. The lowest BCUT2D eigenvalue weighted by Crippen LogP contribution is -2.30. The summed E-state index contributed by atoms with van der Waals surface area (Å²) in [5, 5.41) is 0. The smallest absolute Gasteiger partial charge is 0.306 e. The minimum absolute atomic E-state index is 0.0966. The predicted molar refractivity (Wildman–Crippen MR) is 357 cm³/mol. The highest BCUT2D eigenvalue weighted by Gasteiger charge is 2.19. The Morgan fingerprint density at radius 2 is 0.476 bits per heavy atom. The fraction of sp³-hybridized carbons (Fsp3) is 0.671. The number of unbranched alkanes of at least 4 members (excludes halogenated alkanes) is 28. The Labute approximate surface area is 506 Å². The third-order valence-corrected chi connectivity index (χ3v) is 14.4. The van der Waals surface area contributed by atoms with Gasteiger partial charge < -0.3 is 14.2 Å². The highest BCUT2D eigenvalue weighted by molar-refractivity contribution is 5.71. The molecule has 0 N–H and O–H groups in total. The molecule has 1 atom stereocenters. The zero-order chi connectivity index (χ0) is 59.2. The summed E-state index contributed by atoms with van der Waals surface area (Å²) in [4.78, 5) is 38.4. The normalized spacial score (nSPS) is 13.0. The van der Waals surface area contributed by atoms with E-state index in [1.54, 1.807) is 0 Å². The molecule has 0 saturated heterocycles. The molecule has 0 spiro atoms. The monoisotopic (exact) mass is 1130 g/mol. The lowest BCUT2D eigenvalue weighted by Gasteiger charge is -2.18. The van der Waals surface area contributed by atoms with Crippen molar-refractivity contribution in [2.45, 2.75) is 316 Å². The summed E-state index contributed by atoms with van der Waals surface area (Å²) in [5.41, 5.74) is 0. The van der Waals surface area contributed by atoms with Crippen LogP contribution in [0, 0.1) is 0 Å². The van der Waals surface area contributed by atoms with E-state index in [0.717, 1.165) is 135 Å². The molecule has 0 aliphatic carbocycles. The summed E-state index contributed by atoms with van der Waals surface area (Å²) < 4.78 is 16.9. The second-order valence-electron chi connectivity index (χ2n) is 22.3. The van der Waals surface area contributed by atoms with Crippen molar-refractivity contribution in [3.8, 4) is 0 Å². The number of esters is 3. The van der Waals surface area contributed by atoms with Gasteiger partial charge in [-0.3, -0.25) is 14.4 Å². The van der Waals surface area contributed by atoms with Crippen LogP contribution in [0.15, 0.2) is 134 Å². The maximum atomic E-state index is 12.9. The van der Waals surface area contributed by atoms with E-state index in [4.69, 9.17) is 14.2 Å². The quantitative estimate of drug-likeness (QED) is 0.0261. The van der Waals surface area contributed by atoms with Crippen LogP contribution in [0.2, 0.25) is 0 Å². The molecule has 466 valence electrons. The van der Waals surface area contributed by atoms with E-state index >= 15 is 0 Å². The Morgan fingerprint density at radius 3 is 0.756 bits per heavy atom. The average molecular weight is 1140 g/mol. The minimum atomic E-state index is -0.805. The van der Waals surface area contributed by atoms with Crippen LogP contribution in [0.4, 0.5) is 0 Å². The van der Waals surface area contributed by atoms with Gasteiger partial charge in [-0.2, -0.15) is 0 Å². The molecule has 82 heavy (non-hydrogen) atoms. The molecule has 0 aromatic carbocycles. The molecule has 1 unspecified atom stereocenters. The van der Waals surface area contributed by atoms with E-state index in [-0.39, 0.29) is 37.5 Å². The maximum absolute atomic E-state index is 12.9. The van der Waals surface area contributed by atoms with Gasteiger partial charge in [-0.05, 0) is 135 Å². The van der Waals surface area contributed by atoms with Gasteiger partial charge in [0.15, 0.2) is 6.10 Å². The lowest BCUT2D eigenvalue weighted by molar-refractivity contribution is -0.167. The minimum Gasteiger partial charge on any atom is -0.462 e. The topological polar surface area (TPSA) is 78.9 Å². The maximum Gasteiger partial charge on any atom is 0.306 e. The molecule has 6 heteroatoms. The van der Waals surface area contributed by atoms with Crippen molar-refractivity contribution in [2.75, 3.05) is 13.2 Å². The summed E-state index contributed by atoms with van der Waals surface area (Å²) in [6, 6.07) is 0. The van der Waals surface area contributed by atoms with E-state index in [9.17, 15) is 14.4 Å². The number of ether oxygens (including phenoxy) is 3. The van der Waals surface area contributed by atoms with E-state index in [1.165, 1.54) is 135 Å². The van der Waals surface area contributed by atoms with Gasteiger partial charge in [0, 0.05) is 19.3 Å². The van der Waals surface area contributed by atoms with Gasteiger partial charge in [-0.1, -0.05) is 289 Å². The molecule has 0 amide bonds. The Kier molecular flexibility index (Phi) is 65.3. The Balaban J connectivity index is 4.40. The second kappa shape index (κ2) is 69.0. The van der Waals surface area contributed by atoms with Crippen molar-refractivity contribution in [1.82, 2.24) is 0 Å². The Bertz CT molecular complexity index is 1730. The van der Waals surface area contributed by atoms with Gasteiger partial charge in [0.05, 0.1) is 0 Å². The first kappa shape index (κ1) is 77.5. The Hall–Kier alpha value is -4.45. The van der Waals surface area contributed by atoms with Gasteiger partial charge in [0.25, 0.3) is 0 Å². The lowest BCUT2D eigenvalue weighted by atomic mass is 10.0. The van der Waals surface area contributed by atoms with Crippen molar-refractivity contribution >= 4 is 17.9 Å². The number of hydrogen-bond acceptors (Lipinski definition) is 6. The number of carbonyl (C=O) groups excluding carboxylic acids is 3. The third kappa shape index (κ3) is 66.4. The molecular formula is C76H126O6. The molecule has 0 aliphatic heterocycles. The molecule has 0 rings (SSSR count). The third-order valence-electron chi connectivity index (χ3n) is 14.4. The van der Waals surface area contributed by atoms with Crippen molar-refractivity contribution in [1.29, 1.82) is 0 Å².